The highest BCUT2D eigenvalue weighted by Crippen LogP contribution is 2.21. The van der Waals surface area contributed by atoms with Crippen LogP contribution in [0, 0.1) is 0 Å². The van der Waals surface area contributed by atoms with Crippen LogP contribution in [0.15, 0.2) is 59.1 Å². The molecule has 0 atom stereocenters. The third-order valence-corrected chi connectivity index (χ3v) is 4.30. The van der Waals surface area contributed by atoms with Crippen molar-refractivity contribution >= 4 is 5.91 Å². The van der Waals surface area contributed by atoms with E-state index in [4.69, 9.17) is 9.26 Å². The van der Waals surface area contributed by atoms with Gasteiger partial charge in [0.25, 0.3) is 0 Å². The van der Waals surface area contributed by atoms with Crippen molar-refractivity contribution < 1.29 is 14.1 Å². The number of nitrogens with zero attached hydrogens (tertiary/aromatic N) is 3. The van der Waals surface area contributed by atoms with Crippen LogP contribution in [0.25, 0.3) is 11.4 Å². The van der Waals surface area contributed by atoms with Crippen LogP contribution in [-0.4, -0.2) is 34.6 Å². The predicted molar refractivity (Wildman–Crippen MR) is 102 cm³/mol. The van der Waals surface area contributed by atoms with E-state index in [1.807, 2.05) is 66.4 Å². The molecule has 3 rings (SSSR count). The molecule has 0 saturated heterocycles. The molecule has 0 saturated carbocycles. The Morgan fingerprint density at radius 3 is 2.70 bits per heavy atom. The fourth-order valence-corrected chi connectivity index (χ4v) is 2.79. The molecule has 1 heterocycles. The minimum atomic E-state index is 0.0717. The summed E-state index contributed by atoms with van der Waals surface area (Å²) in [5.41, 5.74) is 1.93. The number of rotatable bonds is 8. The van der Waals surface area contributed by atoms with E-state index in [1.165, 1.54) is 0 Å². The molecule has 3 aromatic rings. The molecule has 0 radical (unpaired) electrons. The van der Waals surface area contributed by atoms with Gasteiger partial charge < -0.3 is 14.2 Å². The summed E-state index contributed by atoms with van der Waals surface area (Å²) in [5.74, 6) is 1.75. The lowest BCUT2D eigenvalue weighted by Crippen LogP contribution is -2.30. The zero-order valence-corrected chi connectivity index (χ0v) is 15.6. The van der Waals surface area contributed by atoms with Crippen molar-refractivity contribution in [3.63, 3.8) is 0 Å². The maximum Gasteiger partial charge on any atom is 0.227 e. The SMILES string of the molecule is CCN(Cc1ccccc1)C(=O)CCc1nc(-c2cccc(OC)c2)no1. The number of carbonyl (C=O) groups excluding carboxylic acids is 1. The van der Waals surface area contributed by atoms with Gasteiger partial charge in [0.2, 0.25) is 17.6 Å². The summed E-state index contributed by atoms with van der Waals surface area (Å²) in [6, 6.07) is 17.4. The number of carbonyl (C=O) groups is 1. The molecule has 0 N–H and O–H groups in total. The highest BCUT2D eigenvalue weighted by molar-refractivity contribution is 5.76. The number of hydrogen-bond donors (Lipinski definition) is 0. The normalized spacial score (nSPS) is 10.6. The average molecular weight is 365 g/mol. The fourth-order valence-electron chi connectivity index (χ4n) is 2.79. The van der Waals surface area contributed by atoms with Crippen LogP contribution in [0.3, 0.4) is 0 Å². The monoisotopic (exact) mass is 365 g/mol. The Morgan fingerprint density at radius 1 is 1.15 bits per heavy atom. The third kappa shape index (κ3) is 4.94. The molecule has 0 aliphatic carbocycles. The van der Waals surface area contributed by atoms with Gasteiger partial charge in [-0.25, -0.2) is 0 Å². The summed E-state index contributed by atoms with van der Waals surface area (Å²) in [4.78, 5) is 18.8. The molecule has 27 heavy (non-hydrogen) atoms. The van der Waals surface area contributed by atoms with Crippen LogP contribution in [-0.2, 0) is 17.8 Å². The Balaban J connectivity index is 1.59. The predicted octanol–water partition coefficient (Wildman–Crippen LogP) is 3.73. The first-order chi connectivity index (χ1) is 13.2. The molecule has 6 heteroatoms. The van der Waals surface area contributed by atoms with Gasteiger partial charge in [-0.1, -0.05) is 47.6 Å². The Bertz CT molecular complexity index is 877. The third-order valence-electron chi connectivity index (χ3n) is 4.30. The molecule has 0 aliphatic heterocycles. The van der Waals surface area contributed by atoms with Gasteiger partial charge in [-0.3, -0.25) is 4.79 Å². The van der Waals surface area contributed by atoms with Crippen molar-refractivity contribution in [2.45, 2.75) is 26.3 Å². The Morgan fingerprint density at radius 2 is 1.96 bits per heavy atom. The lowest BCUT2D eigenvalue weighted by molar-refractivity contribution is -0.131. The molecule has 0 spiro atoms. The Labute approximate surface area is 158 Å². The Hall–Kier alpha value is -3.15. The maximum absolute atomic E-state index is 12.5. The molecule has 2 aromatic carbocycles. The zero-order chi connectivity index (χ0) is 19.1. The van der Waals surface area contributed by atoms with E-state index in [2.05, 4.69) is 10.1 Å². The van der Waals surface area contributed by atoms with Crippen molar-refractivity contribution in [3.8, 4) is 17.1 Å². The smallest absolute Gasteiger partial charge is 0.227 e. The largest absolute Gasteiger partial charge is 0.497 e. The summed E-state index contributed by atoms with van der Waals surface area (Å²) in [6.07, 6.45) is 0.751. The molecular formula is C21H23N3O3. The van der Waals surface area contributed by atoms with Crippen molar-refractivity contribution in [2.24, 2.45) is 0 Å². The number of ether oxygens (including phenoxy) is 1. The first kappa shape index (κ1) is 18.6. The van der Waals surface area contributed by atoms with Crippen LogP contribution >= 0.6 is 0 Å². The second-order valence-electron chi connectivity index (χ2n) is 6.14. The standard InChI is InChI=1S/C21H23N3O3/c1-3-24(15-16-8-5-4-6-9-16)20(25)13-12-19-22-21(23-27-19)17-10-7-11-18(14-17)26-2/h4-11,14H,3,12-13,15H2,1-2H3. The van der Waals surface area contributed by atoms with Crippen LogP contribution in [0.2, 0.25) is 0 Å². The number of benzene rings is 2. The van der Waals surface area contributed by atoms with Crippen LogP contribution in [0.5, 0.6) is 5.75 Å². The number of methoxy groups -OCH3 is 1. The van der Waals surface area contributed by atoms with Gasteiger partial charge >= 0.3 is 0 Å². The number of hydrogen-bond acceptors (Lipinski definition) is 5. The first-order valence-corrected chi connectivity index (χ1v) is 8.98. The molecule has 0 aliphatic rings. The first-order valence-electron chi connectivity index (χ1n) is 8.98. The average Bonchev–Trinajstić information content (AvgIpc) is 3.20. The number of aromatic nitrogens is 2. The van der Waals surface area contributed by atoms with Crippen molar-refractivity contribution in [1.82, 2.24) is 15.0 Å². The van der Waals surface area contributed by atoms with E-state index < -0.39 is 0 Å². The van der Waals surface area contributed by atoms with E-state index in [1.54, 1.807) is 7.11 Å². The summed E-state index contributed by atoms with van der Waals surface area (Å²) in [6.45, 7) is 3.25. The maximum atomic E-state index is 12.5. The van der Waals surface area contributed by atoms with Gasteiger partial charge in [0, 0.05) is 31.5 Å². The molecule has 140 valence electrons. The molecular weight excluding hydrogens is 342 g/mol. The fraction of sp³-hybridized carbons (Fsp3) is 0.286. The molecule has 0 bridgehead atoms. The van der Waals surface area contributed by atoms with E-state index in [0.29, 0.717) is 37.6 Å². The lowest BCUT2D eigenvalue weighted by atomic mass is 10.2. The minimum absolute atomic E-state index is 0.0717. The zero-order valence-electron chi connectivity index (χ0n) is 15.6. The molecule has 1 amide bonds. The molecule has 1 aromatic heterocycles. The number of aryl methyl sites for hydroxylation is 1. The summed E-state index contributed by atoms with van der Waals surface area (Å²) >= 11 is 0. The van der Waals surface area contributed by atoms with Crippen LogP contribution < -0.4 is 4.74 Å². The van der Waals surface area contributed by atoms with E-state index in [-0.39, 0.29) is 5.91 Å². The van der Waals surface area contributed by atoms with Crippen molar-refractivity contribution in [3.05, 3.63) is 66.1 Å². The van der Waals surface area contributed by atoms with Gasteiger partial charge in [-0.15, -0.1) is 0 Å². The van der Waals surface area contributed by atoms with E-state index >= 15 is 0 Å². The lowest BCUT2D eigenvalue weighted by Gasteiger charge is -2.20. The highest BCUT2D eigenvalue weighted by Gasteiger charge is 2.15. The summed E-state index contributed by atoms with van der Waals surface area (Å²) < 4.78 is 10.5. The molecule has 6 nitrogen and oxygen atoms in total. The minimum Gasteiger partial charge on any atom is -0.497 e. The van der Waals surface area contributed by atoms with Gasteiger partial charge in [0.15, 0.2) is 0 Å². The van der Waals surface area contributed by atoms with Crippen molar-refractivity contribution in [2.75, 3.05) is 13.7 Å². The van der Waals surface area contributed by atoms with Crippen LogP contribution in [0.1, 0.15) is 24.8 Å². The van der Waals surface area contributed by atoms with Gasteiger partial charge in [-0.05, 0) is 24.6 Å². The summed E-state index contributed by atoms with van der Waals surface area (Å²) in [7, 11) is 1.61. The molecule has 0 unspecified atom stereocenters. The van der Waals surface area contributed by atoms with Gasteiger partial charge in [0.1, 0.15) is 5.75 Å². The quantitative estimate of drug-likeness (QED) is 0.608. The van der Waals surface area contributed by atoms with E-state index in [9.17, 15) is 4.79 Å². The van der Waals surface area contributed by atoms with E-state index in [0.717, 1.165) is 16.9 Å². The summed E-state index contributed by atoms with van der Waals surface area (Å²) in [5, 5.41) is 4.01. The van der Waals surface area contributed by atoms with Gasteiger partial charge in [0.05, 0.1) is 7.11 Å². The van der Waals surface area contributed by atoms with Gasteiger partial charge in [-0.2, -0.15) is 4.98 Å². The second kappa shape index (κ2) is 8.98. The second-order valence-corrected chi connectivity index (χ2v) is 6.14. The van der Waals surface area contributed by atoms with Crippen LogP contribution in [0.4, 0.5) is 0 Å². The Kier molecular flexibility index (Phi) is 6.20. The topological polar surface area (TPSA) is 68.5 Å². The number of amides is 1. The highest BCUT2D eigenvalue weighted by atomic mass is 16.5. The molecule has 0 fully saturated rings. The van der Waals surface area contributed by atoms with Crippen molar-refractivity contribution in [1.29, 1.82) is 0 Å².